The Morgan fingerprint density at radius 2 is 1.90 bits per heavy atom. The summed E-state index contributed by atoms with van der Waals surface area (Å²) in [6.45, 7) is 2.16. The first-order chi connectivity index (χ1) is 14.9. The van der Waals surface area contributed by atoms with E-state index in [2.05, 4.69) is 19.8 Å². The molecule has 0 atom stereocenters. The molecule has 10 nitrogen and oxygen atoms in total. The molecular formula is C20H19N5O5S. The predicted molar refractivity (Wildman–Crippen MR) is 113 cm³/mol. The van der Waals surface area contributed by atoms with E-state index in [0.717, 1.165) is 0 Å². The second-order valence-corrected chi connectivity index (χ2v) is 8.56. The second-order valence-electron chi connectivity index (χ2n) is 6.79. The minimum absolute atomic E-state index is 0.0825. The summed E-state index contributed by atoms with van der Waals surface area (Å²) >= 11 is 0. The Kier molecular flexibility index (Phi) is 5.53. The molecule has 2 aromatic heterocycles. The maximum Gasteiger partial charge on any atom is 0.316 e. The van der Waals surface area contributed by atoms with Crippen molar-refractivity contribution in [3.8, 4) is 11.4 Å². The number of benzene rings is 2. The zero-order valence-corrected chi connectivity index (χ0v) is 17.3. The number of nitrogens with zero attached hydrogens (tertiary/aromatic N) is 3. The van der Waals surface area contributed by atoms with Gasteiger partial charge in [0.25, 0.3) is 0 Å². The van der Waals surface area contributed by atoms with Gasteiger partial charge in [0.2, 0.25) is 21.7 Å². The first-order valence-electron chi connectivity index (χ1n) is 9.53. The number of aryl methyl sites for hydroxylation is 1. The van der Waals surface area contributed by atoms with Crippen LogP contribution >= 0.6 is 0 Å². The SMILES string of the molecule is CCCn1c(=O)c(=O)[nH]c2cc(-c3noc(CNS(=O)(=O)c4ccccc4)n3)ccc21. The van der Waals surface area contributed by atoms with Crippen LogP contribution in [0, 0.1) is 0 Å². The van der Waals surface area contributed by atoms with Crippen LogP contribution in [0.15, 0.2) is 67.5 Å². The van der Waals surface area contributed by atoms with E-state index in [1.807, 2.05) is 6.92 Å². The minimum atomic E-state index is -3.71. The Bertz CT molecular complexity index is 1450. The summed E-state index contributed by atoms with van der Waals surface area (Å²) in [4.78, 5) is 31.0. The number of rotatable bonds is 7. The topological polar surface area (TPSA) is 140 Å². The number of nitrogens with one attached hydrogen (secondary N) is 2. The van der Waals surface area contributed by atoms with E-state index in [1.54, 1.807) is 36.4 Å². The first kappa shape index (κ1) is 20.7. The van der Waals surface area contributed by atoms with Gasteiger partial charge in [0.15, 0.2) is 0 Å². The molecule has 2 N–H and O–H groups in total. The Morgan fingerprint density at radius 3 is 2.65 bits per heavy atom. The van der Waals surface area contributed by atoms with E-state index >= 15 is 0 Å². The molecule has 0 saturated carbocycles. The van der Waals surface area contributed by atoms with Crippen LogP contribution in [-0.4, -0.2) is 28.1 Å². The predicted octanol–water partition coefficient (Wildman–Crippen LogP) is 1.63. The van der Waals surface area contributed by atoms with E-state index < -0.39 is 21.1 Å². The molecule has 31 heavy (non-hydrogen) atoms. The van der Waals surface area contributed by atoms with Crippen LogP contribution in [-0.2, 0) is 23.1 Å². The van der Waals surface area contributed by atoms with E-state index in [0.29, 0.717) is 29.6 Å². The van der Waals surface area contributed by atoms with E-state index in [9.17, 15) is 18.0 Å². The van der Waals surface area contributed by atoms with Gasteiger partial charge in [-0.3, -0.25) is 9.59 Å². The summed E-state index contributed by atoms with van der Waals surface area (Å²) < 4.78 is 33.6. The van der Waals surface area contributed by atoms with Gasteiger partial charge < -0.3 is 14.1 Å². The Balaban J connectivity index is 1.60. The largest absolute Gasteiger partial charge is 0.338 e. The lowest BCUT2D eigenvalue weighted by atomic mass is 10.2. The summed E-state index contributed by atoms with van der Waals surface area (Å²) in [5, 5.41) is 3.88. The molecule has 0 unspecified atom stereocenters. The van der Waals surface area contributed by atoms with Crippen LogP contribution in [0.25, 0.3) is 22.4 Å². The molecule has 160 valence electrons. The van der Waals surface area contributed by atoms with Gasteiger partial charge in [-0.1, -0.05) is 30.3 Å². The minimum Gasteiger partial charge on any atom is -0.338 e. The molecule has 11 heteroatoms. The van der Waals surface area contributed by atoms with E-state index in [-0.39, 0.29) is 23.2 Å². The fourth-order valence-corrected chi connectivity index (χ4v) is 4.14. The molecule has 0 radical (unpaired) electrons. The molecule has 0 amide bonds. The van der Waals surface area contributed by atoms with Crippen molar-refractivity contribution in [2.24, 2.45) is 0 Å². The average Bonchev–Trinajstić information content (AvgIpc) is 3.25. The van der Waals surface area contributed by atoms with Crippen molar-refractivity contribution in [3.05, 3.63) is 75.1 Å². The fraction of sp³-hybridized carbons (Fsp3) is 0.200. The maximum absolute atomic E-state index is 12.3. The van der Waals surface area contributed by atoms with Gasteiger partial charge >= 0.3 is 11.1 Å². The van der Waals surface area contributed by atoms with Crippen molar-refractivity contribution >= 4 is 21.1 Å². The van der Waals surface area contributed by atoms with Gasteiger partial charge in [-0.05, 0) is 36.8 Å². The van der Waals surface area contributed by atoms with Gasteiger partial charge in [0, 0.05) is 12.1 Å². The summed E-state index contributed by atoms with van der Waals surface area (Å²) in [6.07, 6.45) is 0.702. The Labute approximate surface area is 176 Å². The summed E-state index contributed by atoms with van der Waals surface area (Å²) in [5.74, 6) is 0.309. The third-order valence-corrected chi connectivity index (χ3v) is 6.03. The van der Waals surface area contributed by atoms with Crippen molar-refractivity contribution in [2.75, 3.05) is 0 Å². The van der Waals surface area contributed by atoms with Crippen molar-refractivity contribution in [1.82, 2.24) is 24.4 Å². The number of fused-ring (bicyclic) bond motifs is 1. The van der Waals surface area contributed by atoms with Gasteiger partial charge in [-0.15, -0.1) is 0 Å². The first-order valence-corrected chi connectivity index (χ1v) is 11.0. The number of hydrogen-bond donors (Lipinski definition) is 2. The smallest absolute Gasteiger partial charge is 0.316 e. The van der Waals surface area contributed by atoms with Gasteiger partial charge in [-0.2, -0.15) is 4.98 Å². The Hall–Kier alpha value is -3.57. The average molecular weight is 441 g/mol. The monoisotopic (exact) mass is 441 g/mol. The second kappa shape index (κ2) is 8.28. The molecule has 0 bridgehead atoms. The number of hydrogen-bond acceptors (Lipinski definition) is 7. The van der Waals surface area contributed by atoms with Crippen LogP contribution < -0.4 is 15.8 Å². The maximum atomic E-state index is 12.3. The fourth-order valence-electron chi connectivity index (χ4n) is 3.15. The molecule has 0 aliphatic heterocycles. The summed E-state index contributed by atoms with van der Waals surface area (Å²) in [6, 6.07) is 13.0. The van der Waals surface area contributed by atoms with Crippen LogP contribution in [0.1, 0.15) is 19.2 Å². The quantitative estimate of drug-likeness (QED) is 0.415. The molecule has 2 aromatic carbocycles. The molecule has 0 saturated heterocycles. The normalized spacial score (nSPS) is 11.8. The van der Waals surface area contributed by atoms with E-state index in [4.69, 9.17) is 4.52 Å². The van der Waals surface area contributed by atoms with Crippen LogP contribution in [0.4, 0.5) is 0 Å². The van der Waals surface area contributed by atoms with Crippen LogP contribution in [0.2, 0.25) is 0 Å². The highest BCUT2D eigenvalue weighted by Crippen LogP contribution is 2.20. The molecule has 4 aromatic rings. The molecule has 0 spiro atoms. The molecule has 2 heterocycles. The number of sulfonamides is 1. The van der Waals surface area contributed by atoms with E-state index in [1.165, 1.54) is 16.7 Å². The standard InChI is InChI=1S/C20H19N5O5S/c1-2-10-25-16-9-8-13(11-15(16)22-19(26)20(25)27)18-23-17(30-24-18)12-21-31(28,29)14-6-4-3-5-7-14/h3-9,11,21H,2,10,12H2,1H3,(H,22,26). The van der Waals surface area contributed by atoms with Gasteiger partial charge in [0.1, 0.15) is 0 Å². The Morgan fingerprint density at radius 1 is 1.13 bits per heavy atom. The number of H-pyrrole nitrogens is 1. The van der Waals surface area contributed by atoms with Crippen molar-refractivity contribution in [2.45, 2.75) is 31.3 Å². The highest BCUT2D eigenvalue weighted by Gasteiger charge is 2.16. The zero-order valence-electron chi connectivity index (χ0n) is 16.5. The molecule has 0 aliphatic carbocycles. The van der Waals surface area contributed by atoms with Crippen molar-refractivity contribution < 1.29 is 12.9 Å². The lowest BCUT2D eigenvalue weighted by Crippen LogP contribution is -2.36. The lowest BCUT2D eigenvalue weighted by molar-refractivity contribution is 0.376. The number of aromatic nitrogens is 4. The highest BCUT2D eigenvalue weighted by atomic mass is 32.2. The molecule has 4 rings (SSSR count). The number of aromatic amines is 1. The van der Waals surface area contributed by atoms with Crippen molar-refractivity contribution in [1.29, 1.82) is 0 Å². The van der Waals surface area contributed by atoms with Gasteiger partial charge in [-0.25, -0.2) is 13.1 Å². The van der Waals surface area contributed by atoms with Crippen LogP contribution in [0.5, 0.6) is 0 Å². The summed E-state index contributed by atoms with van der Waals surface area (Å²) in [5.41, 5.74) is 0.295. The third kappa shape index (κ3) is 4.18. The zero-order chi connectivity index (χ0) is 22.0. The molecule has 0 aliphatic rings. The van der Waals surface area contributed by atoms with Crippen LogP contribution in [0.3, 0.4) is 0 Å². The van der Waals surface area contributed by atoms with Crippen molar-refractivity contribution in [3.63, 3.8) is 0 Å². The van der Waals surface area contributed by atoms with Gasteiger partial charge in [0.05, 0.1) is 22.5 Å². The summed E-state index contributed by atoms with van der Waals surface area (Å²) in [7, 11) is -3.71. The third-order valence-electron chi connectivity index (χ3n) is 4.62. The molecular weight excluding hydrogens is 422 g/mol. The highest BCUT2D eigenvalue weighted by molar-refractivity contribution is 7.89. The lowest BCUT2D eigenvalue weighted by Gasteiger charge is -2.08. The molecule has 0 fully saturated rings.